The monoisotopic (exact) mass is 230 g/mol. The Morgan fingerprint density at radius 3 is 2.81 bits per heavy atom. The first-order chi connectivity index (χ1) is 7.56. The van der Waals surface area contributed by atoms with Crippen LogP contribution >= 0.6 is 0 Å². The number of rotatable bonds is 5. The molecule has 1 saturated carbocycles. The van der Waals surface area contributed by atoms with Crippen LogP contribution in [0.4, 0.5) is 0 Å². The molecule has 0 bridgehead atoms. The van der Waals surface area contributed by atoms with Crippen molar-refractivity contribution in [1.29, 1.82) is 0 Å². The minimum absolute atomic E-state index is 0.0190. The minimum Gasteiger partial charge on any atom is -0.389 e. The fraction of sp³-hybridized carbons (Fsp3) is 0.909. The van der Waals surface area contributed by atoms with Gasteiger partial charge in [-0.15, -0.1) is 0 Å². The number of nitrogens with two attached hydrogens (primary N) is 1. The summed E-state index contributed by atoms with van der Waals surface area (Å²) in [6, 6.07) is -0.0190. The topological polar surface area (TPSA) is 75.8 Å². The zero-order valence-corrected chi connectivity index (χ0v) is 10.1. The van der Waals surface area contributed by atoms with E-state index in [0.717, 1.165) is 19.3 Å². The first-order valence-corrected chi connectivity index (χ1v) is 5.73. The average Bonchev–Trinajstić information content (AvgIpc) is 2.63. The van der Waals surface area contributed by atoms with Crippen molar-refractivity contribution in [3.8, 4) is 0 Å². The number of carbonyl (C=O) groups excluding carboxylic acids is 1. The van der Waals surface area contributed by atoms with Crippen LogP contribution in [0, 0.1) is 5.92 Å². The highest BCUT2D eigenvalue weighted by Crippen LogP contribution is 2.25. The Balaban J connectivity index is 2.40. The van der Waals surface area contributed by atoms with Crippen molar-refractivity contribution in [3.05, 3.63) is 0 Å². The molecule has 1 aliphatic rings. The van der Waals surface area contributed by atoms with Crippen LogP contribution in [0.2, 0.25) is 0 Å². The molecule has 5 nitrogen and oxygen atoms in total. The summed E-state index contributed by atoms with van der Waals surface area (Å²) >= 11 is 0. The lowest BCUT2D eigenvalue weighted by molar-refractivity contribution is -0.136. The van der Waals surface area contributed by atoms with Crippen molar-refractivity contribution >= 4 is 5.91 Å². The SMILES string of the molecule is COCC(O)CN(C)C(=O)C1CCCC1N. The Morgan fingerprint density at radius 2 is 2.31 bits per heavy atom. The third kappa shape index (κ3) is 3.43. The number of ether oxygens (including phenoxy) is 1. The van der Waals surface area contributed by atoms with Gasteiger partial charge in [-0.2, -0.15) is 0 Å². The normalized spacial score (nSPS) is 26.8. The Labute approximate surface area is 96.6 Å². The molecule has 0 saturated heterocycles. The van der Waals surface area contributed by atoms with Gasteiger partial charge in [-0.25, -0.2) is 0 Å². The highest BCUT2D eigenvalue weighted by atomic mass is 16.5. The molecule has 16 heavy (non-hydrogen) atoms. The number of carbonyl (C=O) groups is 1. The fourth-order valence-corrected chi connectivity index (χ4v) is 2.23. The molecule has 1 fully saturated rings. The summed E-state index contributed by atoms with van der Waals surface area (Å²) in [7, 11) is 3.23. The van der Waals surface area contributed by atoms with Crippen molar-refractivity contribution < 1.29 is 14.6 Å². The molecule has 5 heteroatoms. The maximum Gasteiger partial charge on any atom is 0.227 e. The van der Waals surface area contributed by atoms with Crippen LogP contribution in [-0.4, -0.2) is 55.4 Å². The highest BCUT2D eigenvalue weighted by Gasteiger charge is 2.32. The summed E-state index contributed by atoms with van der Waals surface area (Å²) < 4.78 is 4.82. The van der Waals surface area contributed by atoms with Gasteiger partial charge in [0.2, 0.25) is 5.91 Å². The maximum atomic E-state index is 12.0. The number of aliphatic hydroxyl groups is 1. The summed E-state index contributed by atoms with van der Waals surface area (Å²) in [6.45, 7) is 0.546. The van der Waals surface area contributed by atoms with E-state index in [1.165, 1.54) is 7.11 Å². The van der Waals surface area contributed by atoms with Crippen molar-refractivity contribution in [2.75, 3.05) is 27.3 Å². The van der Waals surface area contributed by atoms with E-state index < -0.39 is 6.10 Å². The molecule has 1 rings (SSSR count). The van der Waals surface area contributed by atoms with Crippen LogP contribution in [0.1, 0.15) is 19.3 Å². The fourth-order valence-electron chi connectivity index (χ4n) is 2.23. The number of hydrogen-bond donors (Lipinski definition) is 2. The molecule has 0 heterocycles. The first kappa shape index (κ1) is 13.4. The summed E-state index contributed by atoms with van der Waals surface area (Å²) in [6.07, 6.45) is 2.18. The van der Waals surface area contributed by atoms with Gasteiger partial charge in [0, 0.05) is 26.7 Å². The zero-order valence-electron chi connectivity index (χ0n) is 10.1. The van der Waals surface area contributed by atoms with E-state index in [1.807, 2.05) is 0 Å². The second-order valence-electron chi connectivity index (χ2n) is 4.53. The van der Waals surface area contributed by atoms with E-state index in [2.05, 4.69) is 0 Å². The minimum atomic E-state index is -0.628. The second kappa shape index (κ2) is 6.18. The zero-order chi connectivity index (χ0) is 12.1. The predicted octanol–water partition coefficient (Wildman–Crippen LogP) is -0.420. The van der Waals surface area contributed by atoms with Crippen molar-refractivity contribution in [2.24, 2.45) is 11.7 Å². The number of hydrogen-bond acceptors (Lipinski definition) is 4. The first-order valence-electron chi connectivity index (χ1n) is 5.73. The molecular formula is C11H22N2O3. The van der Waals surface area contributed by atoms with E-state index >= 15 is 0 Å². The summed E-state index contributed by atoms with van der Waals surface area (Å²) in [5.74, 6) is -0.0279. The van der Waals surface area contributed by atoms with Gasteiger partial charge in [-0.05, 0) is 12.8 Å². The molecular weight excluding hydrogens is 208 g/mol. The van der Waals surface area contributed by atoms with Gasteiger partial charge in [0.1, 0.15) is 0 Å². The summed E-state index contributed by atoms with van der Waals surface area (Å²) in [5, 5.41) is 9.53. The smallest absolute Gasteiger partial charge is 0.227 e. The Hall–Kier alpha value is -0.650. The van der Waals surface area contributed by atoms with Crippen LogP contribution in [0.25, 0.3) is 0 Å². The lowest BCUT2D eigenvalue weighted by atomic mass is 10.0. The van der Waals surface area contributed by atoms with Gasteiger partial charge >= 0.3 is 0 Å². The van der Waals surface area contributed by atoms with Crippen LogP contribution in [0.15, 0.2) is 0 Å². The van der Waals surface area contributed by atoms with Gasteiger partial charge in [0.15, 0.2) is 0 Å². The lowest BCUT2D eigenvalue weighted by Crippen LogP contribution is -2.43. The molecule has 1 aliphatic carbocycles. The molecule has 0 aromatic carbocycles. The Kier molecular flexibility index (Phi) is 5.18. The van der Waals surface area contributed by atoms with Crippen molar-refractivity contribution in [1.82, 2.24) is 4.90 Å². The quantitative estimate of drug-likeness (QED) is 0.672. The summed E-state index contributed by atoms with van der Waals surface area (Å²) in [4.78, 5) is 13.5. The van der Waals surface area contributed by atoms with Crippen molar-refractivity contribution in [3.63, 3.8) is 0 Å². The molecule has 0 aromatic heterocycles. The van der Waals surface area contributed by atoms with Gasteiger partial charge in [0.25, 0.3) is 0 Å². The standard InChI is InChI=1S/C11H22N2O3/c1-13(6-8(14)7-16-2)11(15)9-4-3-5-10(9)12/h8-10,14H,3-7,12H2,1-2H3. The Bertz CT molecular complexity index is 235. The third-order valence-electron chi connectivity index (χ3n) is 3.11. The predicted molar refractivity (Wildman–Crippen MR) is 60.8 cm³/mol. The van der Waals surface area contributed by atoms with Crippen LogP contribution in [0.5, 0.6) is 0 Å². The average molecular weight is 230 g/mol. The van der Waals surface area contributed by atoms with E-state index in [-0.39, 0.29) is 24.5 Å². The number of likely N-dealkylation sites (N-methyl/N-ethyl adjacent to an activating group) is 1. The van der Waals surface area contributed by atoms with E-state index in [1.54, 1.807) is 11.9 Å². The molecule has 0 aliphatic heterocycles. The Morgan fingerprint density at radius 1 is 1.62 bits per heavy atom. The van der Waals surface area contributed by atoms with Crippen LogP contribution in [0.3, 0.4) is 0 Å². The van der Waals surface area contributed by atoms with Crippen LogP contribution < -0.4 is 5.73 Å². The largest absolute Gasteiger partial charge is 0.389 e. The van der Waals surface area contributed by atoms with Gasteiger partial charge in [-0.1, -0.05) is 6.42 Å². The molecule has 1 amide bonds. The van der Waals surface area contributed by atoms with Gasteiger partial charge < -0.3 is 20.5 Å². The number of aliphatic hydroxyl groups excluding tert-OH is 1. The van der Waals surface area contributed by atoms with Crippen molar-refractivity contribution in [2.45, 2.75) is 31.4 Å². The molecule has 3 N–H and O–H groups in total. The molecule has 3 unspecified atom stereocenters. The molecule has 3 atom stereocenters. The number of amides is 1. The molecule has 94 valence electrons. The number of methoxy groups -OCH3 is 1. The van der Waals surface area contributed by atoms with E-state index in [4.69, 9.17) is 10.5 Å². The summed E-state index contributed by atoms with van der Waals surface area (Å²) in [5.41, 5.74) is 5.87. The number of nitrogens with zero attached hydrogens (tertiary/aromatic N) is 1. The van der Waals surface area contributed by atoms with E-state index in [9.17, 15) is 9.90 Å². The van der Waals surface area contributed by atoms with Gasteiger partial charge in [0.05, 0.1) is 18.6 Å². The highest BCUT2D eigenvalue weighted by molar-refractivity contribution is 5.79. The van der Waals surface area contributed by atoms with Crippen LogP contribution in [-0.2, 0) is 9.53 Å². The second-order valence-corrected chi connectivity index (χ2v) is 4.53. The third-order valence-corrected chi connectivity index (χ3v) is 3.11. The van der Waals surface area contributed by atoms with Gasteiger partial charge in [-0.3, -0.25) is 4.79 Å². The maximum absolute atomic E-state index is 12.0. The lowest BCUT2D eigenvalue weighted by Gasteiger charge is -2.25. The molecule has 0 aromatic rings. The molecule has 0 spiro atoms. The molecule has 0 radical (unpaired) electrons. The van der Waals surface area contributed by atoms with E-state index in [0.29, 0.717) is 6.54 Å².